The van der Waals surface area contributed by atoms with Crippen LogP contribution in [0, 0.1) is 23.7 Å². The van der Waals surface area contributed by atoms with Crippen LogP contribution in [0.2, 0.25) is 0 Å². The molecule has 638 valence electrons. The van der Waals surface area contributed by atoms with Gasteiger partial charge in [0, 0.05) is 108 Å². The molecule has 6 aliphatic heterocycles. The van der Waals surface area contributed by atoms with E-state index in [4.69, 9.17) is 69.8 Å². The number of quaternary nitrogens is 1. The molecule has 8 aromatic carbocycles. The van der Waals surface area contributed by atoms with Crippen molar-refractivity contribution in [3.8, 4) is 45.6 Å². The second-order valence-electron chi connectivity index (χ2n) is 32.3. The fourth-order valence-corrected chi connectivity index (χ4v) is 20.6. The van der Waals surface area contributed by atoms with E-state index in [1.807, 2.05) is 38.1 Å². The van der Waals surface area contributed by atoms with Crippen LogP contribution >= 0.6 is 0 Å². The predicted octanol–water partition coefficient (Wildman–Crippen LogP) is 11.8. The van der Waals surface area contributed by atoms with Crippen LogP contribution in [0.5, 0.6) is 0 Å². The zero-order chi connectivity index (χ0) is 85.3. The largest absolute Gasteiger partial charge is 2.00 e. The van der Waals surface area contributed by atoms with E-state index in [2.05, 4.69) is 141 Å². The smallest absolute Gasteiger partial charge is 0.412 e. The summed E-state index contributed by atoms with van der Waals surface area (Å²) in [7, 11) is -16.9. The second-order valence-corrected chi connectivity index (χ2v) is 40.3. The molecule has 9 N–H and O–H groups in total. The number of hydrogen-bond acceptors (Lipinski definition) is 20. The monoisotopic (exact) mass is 1800 g/mol. The number of nitrogens with one attached hydrogen (secondary N) is 3. The normalized spacial score (nSPS) is 13.6. The number of nitrogens with zero attached hydrogens (tertiary/aromatic N) is 16. The molecule has 0 saturated carbocycles. The number of fused-ring (bicyclic) bond motifs is 34. The Morgan fingerprint density at radius 3 is 1.05 bits per heavy atom. The summed E-state index contributed by atoms with van der Waals surface area (Å²) in [5.41, 5.74) is 10.4. The van der Waals surface area contributed by atoms with Crippen LogP contribution in [-0.4, -0.2) is 146 Å². The van der Waals surface area contributed by atoms with E-state index in [-0.39, 0.29) is 130 Å². The van der Waals surface area contributed by atoms with Gasteiger partial charge in [-0.3, -0.25) is 4.55 Å². The van der Waals surface area contributed by atoms with Crippen molar-refractivity contribution in [2.45, 2.75) is 126 Å². The zero-order valence-corrected chi connectivity index (χ0v) is 74.4. The van der Waals surface area contributed by atoms with Crippen LogP contribution < -0.4 is 40.8 Å². The number of rotatable bonds is 22. The summed E-state index contributed by atoms with van der Waals surface area (Å²) in [6.45, 7) is 18.5. The number of aromatic nitrogens is 10. The maximum absolute atomic E-state index is 13.8. The molecule has 0 atom stereocenters. The van der Waals surface area contributed by atoms with E-state index in [0.29, 0.717) is 76.9 Å². The number of aliphatic imine (C=N–C) groups is 4. The first-order valence-corrected chi connectivity index (χ1v) is 47.6. The van der Waals surface area contributed by atoms with Gasteiger partial charge in [-0.2, -0.15) is 8.42 Å². The molecule has 2 radical (unpaired) electrons. The first kappa shape index (κ1) is 88.0. The molecule has 0 aliphatic carbocycles. The Hall–Kier alpha value is -10.9. The number of hydrogen-bond donors (Lipinski definition) is 5. The van der Waals surface area contributed by atoms with Crippen LogP contribution in [0.25, 0.3) is 111 Å². The average Bonchev–Trinajstić information content (AvgIpc) is 1.56. The van der Waals surface area contributed by atoms with E-state index in [1.54, 1.807) is 12.1 Å². The summed E-state index contributed by atoms with van der Waals surface area (Å²) in [4.78, 5) is 68.9. The molecular formula is C88H89AlCuN20O10S4+. The molecule has 19 rings (SSSR count). The Kier molecular flexibility index (Phi) is 25.3. The standard InChI is InChI=1S/C50H55N11O9S4.C32H16N8.C6H15N.Al.Cu.H2O/c1-28(2)10-7-21-51-71(62,63)31-13-17-35-39(24-31)47-55-43(35)54-44-36-18-14-32(72(64,65)52-22-8-11-29(3)4)25-40(36)48(56-44)61-49-41-26-33(73(66,67)53-23-9-12-30(5)6)15-19-37(41)45(58-49)59-50-42-27-34(74(68,69)70)16-20-38(42)46(57-47)60-50;1-2-10-18-17(9-1)25-33-26(18)38-28-21-13-5-6-14-22(21)30(35-28)40-32-24-16-8-7-15-23(24)31(36-32)39-29-20-12-4-3-11-19(20)27(34-29)37-25;1-6(2)4-3-5-7;;;/h13-20,24-30,51-53H,7-12,21-23H2,1-6H3,(H-2,54,55,56,57,58,59,60,61,68,69,70);1-16H;6H,3-5,7H2,1-2H3;;;1H2/q2*-2;;2*+2;/p+1. The SMILES string of the molecule is CC(C)CCCNS(=O)(=O)c1ccc2c(c1)-c1nc-2nc2[n-]c(nc3nc(nc4[n-]c(n1)c1ccc(S(=O)(=O)O)cc41)-c1ccc(S(=O)(=O)NCCCC(C)C)cc1-3)c1cc(S(=O)(=O)NCCCC(C)C)ccc21.CC(C)CCC[NH3+].O.[Cu+2].c1ccc2c(c1)C1=NC2=Nc2c3ccccc3c3[n]2[Al][n]2c(c4ccccc4c2=NC2=NC(=N3)c3ccccc32)=N1. The topological polar surface area (TPSA) is 442 Å². The van der Waals surface area contributed by atoms with Gasteiger partial charge in [-0.1, -0.05) is 177 Å². The van der Waals surface area contributed by atoms with Gasteiger partial charge in [0.25, 0.3) is 10.1 Å². The van der Waals surface area contributed by atoms with Gasteiger partial charge in [-0.15, -0.1) is 0 Å². The van der Waals surface area contributed by atoms with Gasteiger partial charge in [0.2, 0.25) is 30.1 Å². The third-order valence-corrected chi connectivity index (χ3v) is 28.3. The molecule has 124 heavy (non-hydrogen) atoms. The maximum Gasteiger partial charge on any atom is 2.00 e. The van der Waals surface area contributed by atoms with Crippen molar-refractivity contribution in [3.63, 3.8) is 0 Å². The van der Waals surface area contributed by atoms with Crippen LogP contribution in [0.3, 0.4) is 0 Å². The Labute approximate surface area is 733 Å². The van der Waals surface area contributed by atoms with Crippen molar-refractivity contribution in [1.82, 2.24) is 61.1 Å². The maximum atomic E-state index is 13.8. The van der Waals surface area contributed by atoms with Crippen molar-refractivity contribution in [3.05, 3.63) is 203 Å². The fraction of sp³-hybridized carbons (Fsp3) is 0.273. The van der Waals surface area contributed by atoms with Crippen molar-refractivity contribution in [2.24, 2.45) is 53.6 Å². The van der Waals surface area contributed by atoms with Crippen LogP contribution in [0.15, 0.2) is 219 Å². The van der Waals surface area contributed by atoms with Gasteiger partial charge < -0.3 is 48.2 Å². The summed E-state index contributed by atoms with van der Waals surface area (Å²) in [5.74, 6) is 6.25. The summed E-state index contributed by atoms with van der Waals surface area (Å²) >= 11 is -0.639. The van der Waals surface area contributed by atoms with Gasteiger partial charge in [0.1, 0.15) is 22.6 Å². The molecule has 6 aliphatic rings. The van der Waals surface area contributed by atoms with Gasteiger partial charge in [0.05, 0.1) is 49.4 Å². The van der Waals surface area contributed by atoms with Crippen molar-refractivity contribution in [1.29, 1.82) is 0 Å². The minimum absolute atomic E-state index is 0. The van der Waals surface area contributed by atoms with E-state index in [1.165, 1.54) is 73.5 Å². The zero-order valence-electron chi connectivity index (χ0n) is 69.0. The Morgan fingerprint density at radius 2 is 0.677 bits per heavy atom. The van der Waals surface area contributed by atoms with Crippen LogP contribution in [-0.2, 0) is 57.3 Å². The molecule has 0 unspecified atom stereocenters. The molecule has 13 aromatic rings. The van der Waals surface area contributed by atoms with E-state index in [0.717, 1.165) is 98.1 Å². The Morgan fingerprint density at radius 1 is 0.355 bits per heavy atom. The van der Waals surface area contributed by atoms with Crippen LogP contribution in [0.1, 0.15) is 129 Å². The summed E-state index contributed by atoms with van der Waals surface area (Å²) < 4.78 is 130. The summed E-state index contributed by atoms with van der Waals surface area (Å²) in [6.07, 6.45) is 6.91. The molecule has 14 bridgehead atoms. The molecular weight excluding hydrogens is 1720 g/mol. The van der Waals surface area contributed by atoms with Gasteiger partial charge >= 0.3 is 32.7 Å². The molecule has 0 spiro atoms. The minimum Gasteiger partial charge on any atom is -0.412 e. The number of benzene rings is 8. The molecule has 11 heterocycles. The first-order chi connectivity index (χ1) is 58.6. The summed E-state index contributed by atoms with van der Waals surface area (Å²) in [6, 6.07) is 49.9. The molecule has 0 amide bonds. The van der Waals surface area contributed by atoms with Gasteiger partial charge in [0.15, 0.2) is 23.3 Å². The number of sulfonamides is 3. The quantitative estimate of drug-likeness (QED) is 0.0239. The predicted molar refractivity (Wildman–Crippen MR) is 478 cm³/mol. The van der Waals surface area contributed by atoms with Gasteiger partial charge in [-0.05, 0) is 145 Å². The second kappa shape index (κ2) is 35.6. The molecule has 0 fully saturated rings. The van der Waals surface area contributed by atoms with Crippen molar-refractivity contribution < 1.29 is 66.5 Å². The molecule has 36 heteroatoms. The molecule has 0 saturated heterocycles. The summed E-state index contributed by atoms with van der Waals surface area (Å²) in [5, 5.41) is 5.10. The molecule has 5 aromatic heterocycles. The fourth-order valence-electron chi connectivity index (χ4n) is 15.4. The molecule has 30 nitrogen and oxygen atoms in total. The van der Waals surface area contributed by atoms with Crippen molar-refractivity contribution in [2.75, 3.05) is 26.2 Å². The van der Waals surface area contributed by atoms with Gasteiger partial charge in [-0.25, -0.2) is 79.3 Å². The van der Waals surface area contributed by atoms with Crippen molar-refractivity contribution >= 4 is 157 Å². The van der Waals surface area contributed by atoms with E-state index >= 15 is 0 Å². The number of amidine groups is 4. The first-order valence-electron chi connectivity index (χ1n) is 40.7. The van der Waals surface area contributed by atoms with E-state index in [9.17, 15) is 38.2 Å². The third-order valence-electron chi connectivity index (χ3n) is 21.6. The van der Waals surface area contributed by atoms with Crippen LogP contribution in [0.4, 0.5) is 11.6 Å². The Bertz CT molecular complexity index is 7290. The minimum atomic E-state index is -4.75. The Balaban J connectivity index is 0.000000198. The average molecular weight is 1810 g/mol. The van der Waals surface area contributed by atoms with E-state index < -0.39 is 60.7 Å². The third kappa shape index (κ3) is 17.5.